The summed E-state index contributed by atoms with van der Waals surface area (Å²) in [4.78, 5) is 25.9. The second-order valence-corrected chi connectivity index (χ2v) is 10.4. The van der Waals surface area contributed by atoms with Crippen molar-refractivity contribution in [2.45, 2.75) is 32.4 Å². The fourth-order valence-corrected chi connectivity index (χ4v) is 5.06. The monoisotopic (exact) mass is 555 g/mol. The van der Waals surface area contributed by atoms with Crippen molar-refractivity contribution in [2.75, 3.05) is 45.6 Å². The van der Waals surface area contributed by atoms with Gasteiger partial charge in [-0.3, -0.25) is 9.69 Å². The van der Waals surface area contributed by atoms with Gasteiger partial charge in [0, 0.05) is 51.0 Å². The van der Waals surface area contributed by atoms with Crippen molar-refractivity contribution in [1.29, 1.82) is 0 Å². The Morgan fingerprint density at radius 3 is 2.61 bits per heavy atom. The fraction of sp³-hybridized carbons (Fsp3) is 0.355. The first kappa shape index (κ1) is 28.3. The summed E-state index contributed by atoms with van der Waals surface area (Å²) in [5, 5.41) is 5.67. The minimum absolute atomic E-state index is 0.00257. The van der Waals surface area contributed by atoms with Crippen LogP contribution >= 0.6 is 0 Å². The number of benzene rings is 2. The van der Waals surface area contributed by atoms with Crippen molar-refractivity contribution in [1.82, 2.24) is 29.5 Å². The highest BCUT2D eigenvalue weighted by Crippen LogP contribution is 2.35. The van der Waals surface area contributed by atoms with E-state index in [0.717, 1.165) is 30.0 Å². The van der Waals surface area contributed by atoms with Gasteiger partial charge in [-0.1, -0.05) is 24.3 Å². The third-order valence-electron chi connectivity index (χ3n) is 7.36. The molecule has 3 heterocycles. The van der Waals surface area contributed by atoms with Crippen LogP contribution in [0.5, 0.6) is 11.5 Å². The zero-order chi connectivity index (χ0) is 28.8. The Kier molecular flexibility index (Phi) is 8.91. The molecule has 0 bridgehead atoms. The Balaban J connectivity index is 1.31. The molecule has 2 aromatic heterocycles. The van der Waals surface area contributed by atoms with Crippen molar-refractivity contribution in [2.24, 2.45) is 0 Å². The molecule has 2 N–H and O–H groups in total. The molecular formula is C31H37N7O3. The number of hydrogen-bond acceptors (Lipinski definition) is 8. The van der Waals surface area contributed by atoms with E-state index in [1.807, 2.05) is 70.3 Å². The number of carbonyl (C=O) groups excluding carboxylic acids is 1. The molecule has 4 aromatic rings. The summed E-state index contributed by atoms with van der Waals surface area (Å²) < 4.78 is 13.1. The molecule has 0 aliphatic carbocycles. The van der Waals surface area contributed by atoms with Crippen LogP contribution in [0.25, 0.3) is 22.3 Å². The molecule has 10 nitrogen and oxygen atoms in total. The van der Waals surface area contributed by atoms with Gasteiger partial charge in [0.15, 0.2) is 5.65 Å². The predicted molar refractivity (Wildman–Crippen MR) is 160 cm³/mol. The van der Waals surface area contributed by atoms with E-state index in [1.165, 1.54) is 6.33 Å². The normalized spacial score (nSPS) is 15.5. The Labute approximate surface area is 240 Å². The highest BCUT2D eigenvalue weighted by atomic mass is 16.5. The molecule has 1 amide bonds. The molecule has 214 valence electrons. The third kappa shape index (κ3) is 6.55. The lowest BCUT2D eigenvalue weighted by Crippen LogP contribution is -2.34. The van der Waals surface area contributed by atoms with E-state index < -0.39 is 0 Å². The van der Waals surface area contributed by atoms with Gasteiger partial charge < -0.3 is 20.1 Å². The van der Waals surface area contributed by atoms with Crippen LogP contribution in [0.15, 0.2) is 73.1 Å². The highest BCUT2D eigenvalue weighted by Gasteiger charge is 2.30. The number of likely N-dealkylation sites (tertiary alicyclic amines) is 1. The van der Waals surface area contributed by atoms with Crippen LogP contribution in [0.1, 0.15) is 26.3 Å². The average Bonchev–Trinajstić information content (AvgIpc) is 3.62. The number of aromatic nitrogens is 4. The van der Waals surface area contributed by atoms with Gasteiger partial charge in [0.05, 0.1) is 18.0 Å². The number of hydrogen-bond donors (Lipinski definition) is 1. The standard InChI is InChI=1S/C31H37N7O3/c1-22(2)36(18-19-40-3)16-7-10-27(39)37-17-15-24(20-37)38-31-28(30(32)33-21-34-31)29(35-38)23-11-13-26(14-12-23)41-25-8-5-4-6-9-25/h4-14,21-22,24H,15-20H2,1-3H3,(H2,32,33,34)/b10-7+/t24-/m1/s1. The molecule has 10 heteroatoms. The summed E-state index contributed by atoms with van der Waals surface area (Å²) in [5.41, 5.74) is 8.58. The molecule has 0 radical (unpaired) electrons. The smallest absolute Gasteiger partial charge is 0.246 e. The molecule has 0 spiro atoms. The van der Waals surface area contributed by atoms with Crippen LogP contribution in [-0.4, -0.2) is 81.4 Å². The van der Waals surface area contributed by atoms with Gasteiger partial charge >= 0.3 is 0 Å². The van der Waals surface area contributed by atoms with Crippen molar-refractivity contribution < 1.29 is 14.3 Å². The molecule has 2 aromatic carbocycles. The Morgan fingerprint density at radius 1 is 1.12 bits per heavy atom. The van der Waals surface area contributed by atoms with E-state index in [-0.39, 0.29) is 11.9 Å². The number of nitrogen functional groups attached to an aromatic ring is 1. The lowest BCUT2D eigenvalue weighted by Gasteiger charge is -2.24. The van der Waals surface area contributed by atoms with Crippen LogP contribution in [0.2, 0.25) is 0 Å². The summed E-state index contributed by atoms with van der Waals surface area (Å²) in [6.45, 7) is 7.65. The van der Waals surface area contributed by atoms with Gasteiger partial charge in [0.25, 0.3) is 0 Å². The molecule has 0 unspecified atom stereocenters. The molecule has 1 aliphatic heterocycles. The first-order chi connectivity index (χ1) is 19.9. The maximum Gasteiger partial charge on any atom is 0.246 e. The summed E-state index contributed by atoms with van der Waals surface area (Å²) in [6.07, 6.45) is 5.85. The lowest BCUT2D eigenvalue weighted by molar-refractivity contribution is -0.125. The predicted octanol–water partition coefficient (Wildman–Crippen LogP) is 4.55. The van der Waals surface area contributed by atoms with Crippen molar-refractivity contribution >= 4 is 22.8 Å². The van der Waals surface area contributed by atoms with Crippen LogP contribution in [0.4, 0.5) is 5.82 Å². The molecular weight excluding hydrogens is 518 g/mol. The van der Waals surface area contributed by atoms with Gasteiger partial charge in [-0.2, -0.15) is 5.10 Å². The molecule has 1 aliphatic rings. The van der Waals surface area contributed by atoms with Crippen molar-refractivity contribution in [3.63, 3.8) is 0 Å². The van der Waals surface area contributed by atoms with E-state index in [4.69, 9.17) is 20.3 Å². The summed E-state index contributed by atoms with van der Waals surface area (Å²) in [5.74, 6) is 1.87. The number of methoxy groups -OCH3 is 1. The van der Waals surface area contributed by atoms with E-state index in [9.17, 15) is 4.79 Å². The highest BCUT2D eigenvalue weighted by molar-refractivity contribution is 5.98. The maximum atomic E-state index is 13.0. The number of nitrogens with zero attached hydrogens (tertiary/aromatic N) is 6. The summed E-state index contributed by atoms with van der Waals surface area (Å²) >= 11 is 0. The number of rotatable bonds is 11. The third-order valence-corrected chi connectivity index (χ3v) is 7.36. The largest absolute Gasteiger partial charge is 0.457 e. The zero-order valence-corrected chi connectivity index (χ0v) is 23.8. The molecule has 1 saturated heterocycles. The minimum Gasteiger partial charge on any atom is -0.457 e. The second kappa shape index (κ2) is 12.9. The molecule has 0 saturated carbocycles. The van der Waals surface area contributed by atoms with Gasteiger partial charge in [-0.15, -0.1) is 0 Å². The van der Waals surface area contributed by atoms with Gasteiger partial charge in [0.2, 0.25) is 5.91 Å². The molecule has 1 fully saturated rings. The number of para-hydroxylation sites is 1. The van der Waals surface area contributed by atoms with Gasteiger partial charge in [0.1, 0.15) is 29.3 Å². The van der Waals surface area contributed by atoms with Gasteiger partial charge in [-0.25, -0.2) is 14.6 Å². The lowest BCUT2D eigenvalue weighted by atomic mass is 10.1. The van der Waals surface area contributed by atoms with Crippen LogP contribution in [-0.2, 0) is 9.53 Å². The summed E-state index contributed by atoms with van der Waals surface area (Å²) in [6, 6.07) is 17.7. The first-order valence-corrected chi connectivity index (χ1v) is 13.9. The number of carbonyl (C=O) groups is 1. The van der Waals surface area contributed by atoms with E-state index in [1.54, 1.807) is 13.2 Å². The van der Waals surface area contributed by atoms with Crippen LogP contribution in [0.3, 0.4) is 0 Å². The number of anilines is 1. The zero-order valence-electron chi connectivity index (χ0n) is 23.8. The minimum atomic E-state index is -0.0209. The van der Waals surface area contributed by atoms with Crippen LogP contribution in [0, 0.1) is 0 Å². The first-order valence-electron chi connectivity index (χ1n) is 13.9. The van der Waals surface area contributed by atoms with Gasteiger partial charge in [-0.05, 0) is 56.7 Å². The molecule has 1 atom stereocenters. The second-order valence-electron chi connectivity index (χ2n) is 10.4. The molecule has 5 rings (SSSR count). The number of nitrogens with two attached hydrogens (primary N) is 1. The summed E-state index contributed by atoms with van der Waals surface area (Å²) in [7, 11) is 1.70. The SMILES string of the molecule is COCCN(C/C=C/C(=O)N1CC[C@@H](n2nc(-c3ccc(Oc4ccccc4)cc3)c3c(N)ncnc32)C1)C(C)C. The van der Waals surface area contributed by atoms with Crippen LogP contribution < -0.4 is 10.5 Å². The Hall–Kier alpha value is -4.28. The number of amides is 1. The Morgan fingerprint density at radius 2 is 1.88 bits per heavy atom. The van der Waals surface area contributed by atoms with Crippen molar-refractivity contribution in [3.05, 3.63) is 73.1 Å². The van der Waals surface area contributed by atoms with E-state index >= 15 is 0 Å². The average molecular weight is 556 g/mol. The number of fused-ring (bicyclic) bond motifs is 1. The molecule has 41 heavy (non-hydrogen) atoms. The quantitative estimate of drug-likeness (QED) is 0.268. The topological polar surface area (TPSA) is 112 Å². The number of ether oxygens (including phenoxy) is 2. The Bertz CT molecular complexity index is 1490. The van der Waals surface area contributed by atoms with E-state index in [0.29, 0.717) is 54.8 Å². The maximum absolute atomic E-state index is 13.0. The fourth-order valence-electron chi connectivity index (χ4n) is 5.06. The van der Waals surface area contributed by atoms with Crippen molar-refractivity contribution in [3.8, 4) is 22.8 Å². The van der Waals surface area contributed by atoms with E-state index in [2.05, 4.69) is 28.7 Å².